The van der Waals surface area contributed by atoms with Crippen LogP contribution in [0.2, 0.25) is 0 Å². The molecule has 0 aromatic carbocycles. The number of carbonyl (C=O) groups excluding carboxylic acids is 3. The lowest BCUT2D eigenvalue weighted by Crippen LogP contribution is -2.60. The van der Waals surface area contributed by atoms with Gasteiger partial charge in [-0.3, -0.25) is 14.4 Å². The van der Waals surface area contributed by atoms with Gasteiger partial charge >= 0.3 is 0 Å². The van der Waals surface area contributed by atoms with Crippen LogP contribution in [-0.2, 0) is 24.0 Å². The van der Waals surface area contributed by atoms with E-state index in [1.165, 1.54) is 121 Å². The van der Waals surface area contributed by atoms with Crippen LogP contribution in [0, 0.1) is 0 Å². The average molecular weight is 903 g/mol. The molecule has 0 aromatic rings. The number of thioether (sulfide) groups is 1. The fraction of sp³-hybridized carbons (Fsp3) is 0.938. The first-order chi connectivity index (χ1) is 30.2. The van der Waals surface area contributed by atoms with Crippen molar-refractivity contribution in [2.45, 2.75) is 250 Å². The Morgan fingerprint density at radius 2 is 1.15 bits per heavy atom. The van der Waals surface area contributed by atoms with Crippen molar-refractivity contribution in [1.29, 1.82) is 0 Å². The predicted octanol–water partition coefficient (Wildman–Crippen LogP) is 7.97. The average Bonchev–Trinajstić information content (AvgIpc) is 3.27. The summed E-state index contributed by atoms with van der Waals surface area (Å²) in [5, 5.41) is 46.7. The van der Waals surface area contributed by atoms with Gasteiger partial charge in [-0.1, -0.05) is 142 Å². The molecule has 0 unspecified atom stereocenters. The Hall–Kier alpha value is -1.52. The van der Waals surface area contributed by atoms with E-state index in [2.05, 4.69) is 29.3 Å². The number of ether oxygens (including phenoxy) is 1. The molecular formula is C48H94N4O9S. The molecule has 14 heteroatoms. The number of nitrogens with two attached hydrogens (primary N) is 1. The smallest absolute Gasteiger partial charge is 0.246 e. The lowest BCUT2D eigenvalue weighted by Gasteiger charge is -2.40. The van der Waals surface area contributed by atoms with Crippen molar-refractivity contribution in [2.24, 2.45) is 5.73 Å². The Labute approximate surface area is 381 Å². The Kier molecular flexibility index (Phi) is 38.6. The summed E-state index contributed by atoms with van der Waals surface area (Å²) in [5.41, 5.74) is 5.68. The summed E-state index contributed by atoms with van der Waals surface area (Å²) in [6, 6.07) is -0.460. The zero-order valence-electron chi connectivity index (χ0n) is 39.4. The van der Waals surface area contributed by atoms with Gasteiger partial charge in [0.15, 0.2) is 0 Å². The fourth-order valence-electron chi connectivity index (χ4n) is 7.88. The Morgan fingerprint density at radius 3 is 1.66 bits per heavy atom. The minimum Gasteiger partial charge on any atom is -0.394 e. The maximum absolute atomic E-state index is 12.9. The molecule has 0 saturated carbocycles. The van der Waals surface area contributed by atoms with E-state index in [1.807, 2.05) is 0 Å². The number of hydroxylamine groups is 2. The van der Waals surface area contributed by atoms with Crippen LogP contribution >= 0.6 is 11.8 Å². The van der Waals surface area contributed by atoms with Crippen LogP contribution in [0.1, 0.15) is 213 Å². The van der Waals surface area contributed by atoms with Crippen molar-refractivity contribution < 1.29 is 44.4 Å². The molecule has 0 bridgehead atoms. The minimum atomic E-state index is -1.55. The van der Waals surface area contributed by atoms with Gasteiger partial charge in [0.2, 0.25) is 24.0 Å². The monoisotopic (exact) mass is 903 g/mol. The Balaban J connectivity index is 1.96. The van der Waals surface area contributed by atoms with Gasteiger partial charge in [-0.05, 0) is 76.3 Å². The first-order valence-corrected chi connectivity index (χ1v) is 26.5. The zero-order chi connectivity index (χ0) is 45.5. The number of carbonyl (C=O) groups is 3. The van der Waals surface area contributed by atoms with Crippen LogP contribution in [0.15, 0.2) is 0 Å². The summed E-state index contributed by atoms with van der Waals surface area (Å²) < 4.78 is 5.36. The molecule has 8 N–H and O–H groups in total. The lowest BCUT2D eigenvalue weighted by atomic mass is 9.99. The lowest BCUT2D eigenvalue weighted by molar-refractivity contribution is -0.352. The largest absolute Gasteiger partial charge is 0.394 e. The molecule has 0 aromatic heterocycles. The normalized spacial score (nSPS) is 19.4. The highest BCUT2D eigenvalue weighted by molar-refractivity contribution is 7.99. The fourth-order valence-corrected chi connectivity index (χ4v) is 8.90. The first-order valence-electron chi connectivity index (χ1n) is 25.3. The van der Waals surface area contributed by atoms with Gasteiger partial charge in [-0.25, -0.2) is 9.90 Å². The quantitative estimate of drug-likeness (QED) is 0.0231. The molecule has 366 valence electrons. The SMILES string of the molecule is CCCCCCCCCCCCNC(=O)[C@H](CCCCN)NC(=O)CCCCCCCCCCSCCCCCCCCCCC(=O)N(CC)O[C@@H]1O[C@H](CO)[C@H](O)[C@H](O)[C@H]1O. The number of aliphatic hydroxyl groups excluding tert-OH is 4. The third-order valence-electron chi connectivity index (χ3n) is 11.9. The second kappa shape index (κ2) is 40.9. The predicted molar refractivity (Wildman–Crippen MR) is 252 cm³/mol. The summed E-state index contributed by atoms with van der Waals surface area (Å²) in [6.45, 7) is 4.95. The summed E-state index contributed by atoms with van der Waals surface area (Å²) in [6.07, 6.45) is 27.1. The van der Waals surface area contributed by atoms with E-state index in [4.69, 9.17) is 15.3 Å². The number of rotatable bonds is 43. The Morgan fingerprint density at radius 1 is 0.645 bits per heavy atom. The molecule has 1 saturated heterocycles. The van der Waals surface area contributed by atoms with Gasteiger partial charge in [-0.2, -0.15) is 11.8 Å². The van der Waals surface area contributed by atoms with Crippen molar-refractivity contribution in [3.05, 3.63) is 0 Å². The van der Waals surface area contributed by atoms with Crippen LogP contribution in [0.5, 0.6) is 0 Å². The van der Waals surface area contributed by atoms with Crippen LogP contribution < -0.4 is 16.4 Å². The second-order valence-corrected chi connectivity index (χ2v) is 18.8. The van der Waals surface area contributed by atoms with Crippen molar-refractivity contribution in [3.8, 4) is 0 Å². The van der Waals surface area contributed by atoms with E-state index in [0.717, 1.165) is 75.7 Å². The molecule has 1 aliphatic rings. The number of nitrogens with one attached hydrogen (secondary N) is 2. The topological polar surface area (TPSA) is 204 Å². The molecule has 1 aliphatic heterocycles. The maximum Gasteiger partial charge on any atom is 0.246 e. The van der Waals surface area contributed by atoms with Crippen LogP contribution in [-0.4, -0.2) is 118 Å². The summed E-state index contributed by atoms with van der Waals surface area (Å²) >= 11 is 2.07. The van der Waals surface area contributed by atoms with E-state index in [9.17, 15) is 34.8 Å². The highest BCUT2D eigenvalue weighted by atomic mass is 32.2. The van der Waals surface area contributed by atoms with Crippen LogP contribution in [0.25, 0.3) is 0 Å². The van der Waals surface area contributed by atoms with E-state index in [-0.39, 0.29) is 24.3 Å². The summed E-state index contributed by atoms with van der Waals surface area (Å²) in [4.78, 5) is 43.8. The molecule has 1 heterocycles. The molecule has 0 aliphatic carbocycles. The van der Waals surface area contributed by atoms with Gasteiger partial charge in [0.1, 0.15) is 30.5 Å². The number of unbranched alkanes of at least 4 members (excludes halogenated alkanes) is 24. The molecule has 3 amide bonds. The number of hydrogen-bond acceptors (Lipinski definition) is 11. The Bertz CT molecular complexity index is 1080. The summed E-state index contributed by atoms with van der Waals surface area (Å²) in [7, 11) is 0. The maximum atomic E-state index is 12.9. The van der Waals surface area contributed by atoms with Gasteiger partial charge < -0.3 is 41.5 Å². The van der Waals surface area contributed by atoms with Crippen molar-refractivity contribution in [1.82, 2.24) is 15.7 Å². The van der Waals surface area contributed by atoms with Gasteiger partial charge in [0, 0.05) is 25.9 Å². The van der Waals surface area contributed by atoms with Gasteiger partial charge in [0.25, 0.3) is 0 Å². The van der Waals surface area contributed by atoms with Crippen LogP contribution in [0.3, 0.4) is 0 Å². The molecule has 0 radical (unpaired) electrons. The molecule has 13 nitrogen and oxygen atoms in total. The highest BCUT2D eigenvalue weighted by Crippen LogP contribution is 2.23. The molecular weight excluding hydrogens is 809 g/mol. The number of aliphatic hydroxyl groups is 4. The first kappa shape index (κ1) is 58.5. The van der Waals surface area contributed by atoms with Crippen molar-refractivity contribution in [3.63, 3.8) is 0 Å². The third-order valence-corrected chi connectivity index (χ3v) is 13.1. The molecule has 1 fully saturated rings. The van der Waals surface area contributed by atoms with E-state index >= 15 is 0 Å². The van der Waals surface area contributed by atoms with E-state index in [1.54, 1.807) is 6.92 Å². The number of amides is 3. The molecule has 0 spiro atoms. The number of nitrogens with zero attached hydrogens (tertiary/aromatic N) is 1. The van der Waals surface area contributed by atoms with Gasteiger partial charge in [-0.15, -0.1) is 0 Å². The standard InChI is InChI=1S/C48H94N4O9S/c1-3-5-6-7-8-9-12-17-22-29-36-50-47(59)40(32-27-28-35-49)51-42(54)33-25-20-15-10-13-18-23-30-37-62-38-31-24-19-14-11-16-21-26-34-43(55)52(4-2)61-48-46(58)45(57)44(56)41(39-53)60-48/h40-41,44-46,48,53,56-58H,3-39,49H2,1-2H3,(H,50,59)(H,51,54)/t40-,41+,44-,45-,46+,48-/m0/s1. The highest BCUT2D eigenvalue weighted by Gasteiger charge is 2.45. The minimum absolute atomic E-state index is 0.0127. The van der Waals surface area contributed by atoms with E-state index < -0.39 is 43.4 Å². The second-order valence-electron chi connectivity index (χ2n) is 17.5. The van der Waals surface area contributed by atoms with Crippen molar-refractivity contribution >= 4 is 29.5 Å². The summed E-state index contributed by atoms with van der Waals surface area (Å²) in [5.74, 6) is 2.17. The number of hydrogen-bond donors (Lipinski definition) is 7. The van der Waals surface area contributed by atoms with Crippen LogP contribution in [0.4, 0.5) is 0 Å². The van der Waals surface area contributed by atoms with E-state index in [0.29, 0.717) is 32.4 Å². The molecule has 62 heavy (non-hydrogen) atoms. The zero-order valence-corrected chi connectivity index (χ0v) is 40.2. The molecule has 1 rings (SSSR count). The molecule has 6 atom stereocenters. The third kappa shape index (κ3) is 29.8. The van der Waals surface area contributed by atoms with Gasteiger partial charge in [0.05, 0.1) is 6.61 Å². The van der Waals surface area contributed by atoms with Crippen molar-refractivity contribution in [2.75, 3.05) is 37.7 Å².